The molecular weight excluding hydrogens is 687 g/mol. The van der Waals surface area contributed by atoms with E-state index in [-0.39, 0.29) is 37.8 Å². The van der Waals surface area contributed by atoms with E-state index in [0.29, 0.717) is 0 Å². The molecule has 10 N–H and O–H groups in total. The number of rotatable bonds is 6. The van der Waals surface area contributed by atoms with Crippen molar-refractivity contribution < 1.29 is 56.3 Å². The van der Waals surface area contributed by atoms with Crippen LogP contribution in [0, 0.1) is 0 Å². The molecule has 2 rings (SSSR count). The minimum absolute atomic E-state index is 0.00449. The largest absolute Gasteiger partial charge is 0.416 e. The molecule has 0 aliphatic carbocycles. The number of nitrogens with two attached hydrogens (primary N) is 1. The second-order valence-corrected chi connectivity index (χ2v) is 11.3. The number of hydrogen-bond donors (Lipinski definition) is 9. The third-order valence-electron chi connectivity index (χ3n) is 7.17. The van der Waals surface area contributed by atoms with E-state index in [1.807, 2.05) is 0 Å². The summed E-state index contributed by atoms with van der Waals surface area (Å²) in [5.41, 5.74) is 3.88. The summed E-state index contributed by atoms with van der Waals surface area (Å²) in [6.07, 6.45) is -5.96. The minimum atomic E-state index is -4.82. The highest BCUT2D eigenvalue weighted by Gasteiger charge is 2.34. The normalized spacial score (nSPS) is 21.0. The van der Waals surface area contributed by atoms with Crippen LogP contribution < -0.4 is 48.3 Å². The maximum Gasteiger partial charge on any atom is 0.416 e. The highest BCUT2D eigenvalue weighted by Crippen LogP contribution is 2.32. The predicted molar refractivity (Wildman–Crippen MR) is 169 cm³/mol. The summed E-state index contributed by atoms with van der Waals surface area (Å²) in [4.78, 5) is 112. The minimum Gasteiger partial charge on any atom is -0.368 e. The zero-order chi connectivity index (χ0) is 38.1. The third-order valence-corrected chi connectivity index (χ3v) is 7.17. The monoisotopic (exact) mass is 727 g/mol. The lowest BCUT2D eigenvalue weighted by molar-refractivity contribution is -0.138. The molecule has 0 saturated carbocycles. The molecule has 1 aliphatic rings. The first-order chi connectivity index (χ1) is 24.0. The van der Waals surface area contributed by atoms with Crippen molar-refractivity contribution >= 4 is 53.2 Å². The molecule has 3 unspecified atom stereocenters. The number of carbonyl (C=O) groups excluding carboxylic acids is 9. The summed E-state index contributed by atoms with van der Waals surface area (Å²) in [5, 5.41) is 18.3. The molecule has 0 aromatic heterocycles. The van der Waals surface area contributed by atoms with Gasteiger partial charge in [-0.3, -0.25) is 43.2 Å². The molecular formula is C30H40F3N9O9. The standard InChI is InChI=1S/C30H40F3N9O9/c1-16(43)36-13-24(46)41-20-8-9-22(44)35-10-4-7-19(27(34)49)40-25(47)14-37-23(45)12-38-29(51)21(42-26(48)15-39-28(20)50)11-17-5-2-3-6-18(17)30(31,32)33/h2-3,5-6,19-21H,4,7-15H2,1H3,(H2,34,49)(H,35,44)(H,36,43)(H,37,45)(H,38,51)(H,39,50)(H,40,47)(H,41,46)(H,42,48). The molecule has 0 bridgehead atoms. The van der Waals surface area contributed by atoms with Crippen molar-refractivity contribution in [2.75, 3.05) is 32.7 Å². The molecule has 3 atom stereocenters. The summed E-state index contributed by atoms with van der Waals surface area (Å²) >= 11 is 0. The van der Waals surface area contributed by atoms with Gasteiger partial charge in [0.05, 0.1) is 31.7 Å². The van der Waals surface area contributed by atoms with Gasteiger partial charge >= 0.3 is 6.18 Å². The summed E-state index contributed by atoms with van der Waals surface area (Å²) in [7, 11) is 0. The Morgan fingerprint density at radius 1 is 0.824 bits per heavy atom. The van der Waals surface area contributed by atoms with Gasteiger partial charge in [0.25, 0.3) is 0 Å². The van der Waals surface area contributed by atoms with Crippen LogP contribution in [0.1, 0.15) is 43.7 Å². The predicted octanol–water partition coefficient (Wildman–Crippen LogP) is -3.64. The van der Waals surface area contributed by atoms with E-state index in [1.165, 1.54) is 6.07 Å². The lowest BCUT2D eigenvalue weighted by Gasteiger charge is -2.22. The topological polar surface area (TPSA) is 276 Å². The van der Waals surface area contributed by atoms with Gasteiger partial charge in [-0.05, 0) is 30.9 Å². The van der Waals surface area contributed by atoms with Gasteiger partial charge < -0.3 is 48.3 Å². The van der Waals surface area contributed by atoms with Crippen molar-refractivity contribution in [2.45, 2.75) is 63.3 Å². The number of amides is 9. The Bertz CT molecular complexity index is 1490. The van der Waals surface area contributed by atoms with E-state index in [9.17, 15) is 56.3 Å². The number of benzene rings is 1. The fourth-order valence-electron chi connectivity index (χ4n) is 4.62. The van der Waals surface area contributed by atoms with Crippen molar-refractivity contribution in [2.24, 2.45) is 5.73 Å². The highest BCUT2D eigenvalue weighted by molar-refractivity contribution is 5.95. The average Bonchev–Trinajstić information content (AvgIpc) is 3.06. The van der Waals surface area contributed by atoms with Crippen molar-refractivity contribution in [3.8, 4) is 0 Å². The summed E-state index contributed by atoms with van der Waals surface area (Å²) in [6, 6.07) is -0.0196. The molecule has 1 aromatic rings. The Hall–Kier alpha value is -5.76. The molecule has 21 heteroatoms. The first kappa shape index (κ1) is 41.4. The van der Waals surface area contributed by atoms with E-state index >= 15 is 0 Å². The third kappa shape index (κ3) is 15.6. The molecule has 280 valence electrons. The number of hydrogen-bond acceptors (Lipinski definition) is 9. The van der Waals surface area contributed by atoms with Crippen LogP contribution in [0.15, 0.2) is 24.3 Å². The van der Waals surface area contributed by atoms with Crippen LogP contribution in [-0.2, 0) is 55.7 Å². The maximum absolute atomic E-state index is 13.7. The first-order valence-corrected chi connectivity index (χ1v) is 15.6. The van der Waals surface area contributed by atoms with E-state index in [2.05, 4.69) is 42.5 Å². The molecule has 0 radical (unpaired) electrons. The van der Waals surface area contributed by atoms with Crippen molar-refractivity contribution in [1.29, 1.82) is 0 Å². The Morgan fingerprint density at radius 3 is 2.12 bits per heavy atom. The maximum atomic E-state index is 13.7. The molecule has 1 saturated heterocycles. The first-order valence-electron chi connectivity index (χ1n) is 15.6. The molecule has 1 heterocycles. The van der Waals surface area contributed by atoms with Crippen LogP contribution in [0.2, 0.25) is 0 Å². The van der Waals surface area contributed by atoms with Crippen LogP contribution in [0.5, 0.6) is 0 Å². The molecule has 1 aromatic carbocycles. The summed E-state index contributed by atoms with van der Waals surface area (Å²) < 4.78 is 41.1. The van der Waals surface area contributed by atoms with Gasteiger partial charge in [0.15, 0.2) is 0 Å². The smallest absolute Gasteiger partial charge is 0.368 e. The van der Waals surface area contributed by atoms with Gasteiger partial charge in [-0.15, -0.1) is 0 Å². The molecule has 1 fully saturated rings. The van der Waals surface area contributed by atoms with Gasteiger partial charge in [0.2, 0.25) is 53.2 Å². The van der Waals surface area contributed by atoms with Gasteiger partial charge in [-0.2, -0.15) is 13.2 Å². The van der Waals surface area contributed by atoms with E-state index in [1.54, 1.807) is 0 Å². The van der Waals surface area contributed by atoms with Gasteiger partial charge in [-0.1, -0.05) is 18.2 Å². The lowest BCUT2D eigenvalue weighted by atomic mass is 9.99. The molecule has 9 amide bonds. The van der Waals surface area contributed by atoms with E-state index in [4.69, 9.17) is 5.73 Å². The van der Waals surface area contributed by atoms with Crippen LogP contribution in [-0.4, -0.2) is 104 Å². The van der Waals surface area contributed by atoms with E-state index < -0.39 is 116 Å². The Morgan fingerprint density at radius 2 is 1.45 bits per heavy atom. The second kappa shape index (κ2) is 20.0. The molecule has 0 spiro atoms. The Balaban J connectivity index is 2.33. The van der Waals surface area contributed by atoms with Gasteiger partial charge in [0, 0.05) is 26.3 Å². The van der Waals surface area contributed by atoms with Crippen molar-refractivity contribution in [3.05, 3.63) is 35.4 Å². The SMILES string of the molecule is CC(=O)NCC(=O)NC1CCC(=O)NCCCC(C(N)=O)NC(=O)CNC(=O)CNC(=O)C(Cc2ccccc2C(F)(F)F)NC(=O)CNC1=O. The van der Waals surface area contributed by atoms with Gasteiger partial charge in [0.1, 0.15) is 18.1 Å². The molecule has 1 aliphatic heterocycles. The molecule has 18 nitrogen and oxygen atoms in total. The van der Waals surface area contributed by atoms with E-state index in [0.717, 1.165) is 25.1 Å². The Kier molecular flexibility index (Phi) is 16.3. The van der Waals surface area contributed by atoms with Crippen LogP contribution >= 0.6 is 0 Å². The number of primary amides is 1. The van der Waals surface area contributed by atoms with Crippen molar-refractivity contribution in [1.82, 2.24) is 42.5 Å². The van der Waals surface area contributed by atoms with Crippen LogP contribution in [0.25, 0.3) is 0 Å². The number of alkyl halides is 3. The fourth-order valence-corrected chi connectivity index (χ4v) is 4.62. The second-order valence-electron chi connectivity index (χ2n) is 11.3. The number of nitrogens with one attached hydrogen (secondary N) is 8. The average molecular weight is 728 g/mol. The quantitative estimate of drug-likeness (QED) is 0.140. The number of carbonyl (C=O) groups is 9. The van der Waals surface area contributed by atoms with Crippen LogP contribution in [0.4, 0.5) is 13.2 Å². The lowest BCUT2D eigenvalue weighted by Crippen LogP contribution is -2.54. The zero-order valence-corrected chi connectivity index (χ0v) is 27.5. The van der Waals surface area contributed by atoms with Crippen molar-refractivity contribution in [3.63, 3.8) is 0 Å². The summed E-state index contributed by atoms with van der Waals surface area (Å²) in [6.45, 7) is -1.58. The number of halogens is 3. The molecule has 51 heavy (non-hydrogen) atoms. The Labute approximate surface area is 289 Å². The highest BCUT2D eigenvalue weighted by atomic mass is 19.4. The summed E-state index contributed by atoms with van der Waals surface area (Å²) in [5.74, 6) is -7.64. The zero-order valence-electron chi connectivity index (χ0n) is 27.5. The van der Waals surface area contributed by atoms with Crippen LogP contribution in [0.3, 0.4) is 0 Å². The van der Waals surface area contributed by atoms with Gasteiger partial charge in [-0.25, -0.2) is 0 Å². The fraction of sp³-hybridized carbons (Fsp3) is 0.500.